The number of hydrogen-bond donors (Lipinski definition) is 0. The molecule has 0 amide bonds. The second-order valence-corrected chi connectivity index (χ2v) is 5.46. The van der Waals surface area contributed by atoms with Crippen LogP contribution in [-0.2, 0) is 0 Å². The number of para-hydroxylation sites is 1. The molecule has 1 radical (unpaired) electrons. The Balaban J connectivity index is 2.62. The van der Waals surface area contributed by atoms with Gasteiger partial charge in [-0.3, -0.25) is 0 Å². The molecule has 1 aromatic rings. The Morgan fingerprint density at radius 3 is 2.29 bits per heavy atom. The smallest absolute Gasteiger partial charge is 0.124 e. The van der Waals surface area contributed by atoms with Crippen molar-refractivity contribution in [3.8, 4) is 0 Å². The minimum absolute atomic E-state index is 0.616. The highest BCUT2D eigenvalue weighted by molar-refractivity contribution is 6.69. The van der Waals surface area contributed by atoms with Gasteiger partial charge in [0.15, 0.2) is 0 Å². The second kappa shape index (κ2) is 5.45. The van der Waals surface area contributed by atoms with Crippen LogP contribution in [0.1, 0.15) is 0 Å². The summed E-state index contributed by atoms with van der Waals surface area (Å²) < 4.78 is 0. The van der Waals surface area contributed by atoms with E-state index in [1.807, 2.05) is 17.5 Å². The molecular formula is C12H16NSi. The zero-order valence-corrected chi connectivity index (χ0v) is 9.61. The quantitative estimate of drug-likeness (QED) is 0.663. The first-order valence-corrected chi connectivity index (χ1v) is 6.51. The van der Waals surface area contributed by atoms with Crippen LogP contribution in [0.15, 0.2) is 54.9 Å². The van der Waals surface area contributed by atoms with Crippen molar-refractivity contribution in [1.29, 1.82) is 0 Å². The average Bonchev–Trinajstić information content (AvgIpc) is 2.26. The van der Waals surface area contributed by atoms with Crippen LogP contribution in [0.5, 0.6) is 0 Å². The third kappa shape index (κ3) is 2.89. The highest BCUT2D eigenvalue weighted by Gasteiger charge is 2.06. The van der Waals surface area contributed by atoms with Gasteiger partial charge in [0.05, 0.1) is 0 Å². The van der Waals surface area contributed by atoms with Crippen LogP contribution >= 0.6 is 0 Å². The summed E-state index contributed by atoms with van der Waals surface area (Å²) in [5.74, 6) is 0. The van der Waals surface area contributed by atoms with Crippen LogP contribution in [0, 0.1) is 0 Å². The van der Waals surface area contributed by atoms with E-state index in [9.17, 15) is 0 Å². The lowest BCUT2D eigenvalue weighted by Gasteiger charge is -2.21. The van der Waals surface area contributed by atoms with E-state index < -0.39 is 8.80 Å². The normalized spacial score (nSPS) is 9.86. The predicted octanol–water partition coefficient (Wildman–Crippen LogP) is 2.61. The molecule has 1 nitrogen and oxygen atoms in total. The fourth-order valence-corrected chi connectivity index (χ4v) is 2.42. The standard InChI is InChI=1S/C12H16NSi/c1-4-14(5-2)11-13(3)12-9-7-6-8-10-12/h4-10H,1-2,11H2,3H3. The lowest BCUT2D eigenvalue weighted by atomic mass is 10.3. The van der Waals surface area contributed by atoms with E-state index in [2.05, 4.69) is 49.4 Å². The summed E-state index contributed by atoms with van der Waals surface area (Å²) in [6.07, 6.45) is 1.03. The molecule has 0 atom stereocenters. The maximum Gasteiger partial charge on any atom is 0.124 e. The summed E-state index contributed by atoms with van der Waals surface area (Å²) in [4.78, 5) is 2.25. The van der Waals surface area contributed by atoms with Gasteiger partial charge >= 0.3 is 0 Å². The van der Waals surface area contributed by atoms with Crippen LogP contribution in [0.25, 0.3) is 0 Å². The van der Waals surface area contributed by atoms with Crippen LogP contribution < -0.4 is 4.90 Å². The molecule has 0 saturated heterocycles. The van der Waals surface area contributed by atoms with Gasteiger partial charge in [-0.05, 0) is 12.1 Å². The largest absolute Gasteiger partial charge is 0.377 e. The van der Waals surface area contributed by atoms with Crippen molar-refractivity contribution in [1.82, 2.24) is 0 Å². The van der Waals surface area contributed by atoms with E-state index in [1.54, 1.807) is 0 Å². The van der Waals surface area contributed by atoms with E-state index in [-0.39, 0.29) is 0 Å². The molecule has 0 fully saturated rings. The summed E-state index contributed by atoms with van der Waals surface area (Å²) >= 11 is 0. The van der Waals surface area contributed by atoms with Crippen LogP contribution in [-0.4, -0.2) is 22.0 Å². The second-order valence-electron chi connectivity index (χ2n) is 3.17. The highest BCUT2D eigenvalue weighted by atomic mass is 28.3. The van der Waals surface area contributed by atoms with E-state index in [4.69, 9.17) is 0 Å². The van der Waals surface area contributed by atoms with Crippen molar-refractivity contribution >= 4 is 14.5 Å². The fourth-order valence-electron chi connectivity index (χ4n) is 1.26. The Bertz CT molecular complexity index is 286. The van der Waals surface area contributed by atoms with Gasteiger partial charge in [-0.15, -0.1) is 13.2 Å². The monoisotopic (exact) mass is 202 g/mol. The van der Waals surface area contributed by atoms with Crippen LogP contribution in [0.2, 0.25) is 0 Å². The third-order valence-electron chi connectivity index (χ3n) is 2.14. The Hall–Kier alpha value is -1.28. The number of hydrogen-bond acceptors (Lipinski definition) is 1. The fraction of sp³-hybridized carbons (Fsp3) is 0.167. The first kappa shape index (κ1) is 10.8. The molecule has 14 heavy (non-hydrogen) atoms. The summed E-state index contributed by atoms with van der Waals surface area (Å²) in [6.45, 7) is 7.65. The van der Waals surface area contributed by atoms with Crippen molar-refractivity contribution < 1.29 is 0 Å². The first-order chi connectivity index (χ1) is 6.77. The first-order valence-electron chi connectivity index (χ1n) is 4.65. The van der Waals surface area contributed by atoms with E-state index in [1.165, 1.54) is 5.69 Å². The molecule has 0 aliphatic carbocycles. The van der Waals surface area contributed by atoms with Gasteiger partial charge in [0.25, 0.3) is 0 Å². The molecule has 1 rings (SSSR count). The van der Waals surface area contributed by atoms with Crippen molar-refractivity contribution in [3.05, 3.63) is 54.9 Å². The highest BCUT2D eigenvalue weighted by Crippen LogP contribution is 2.10. The molecule has 0 aliphatic rings. The summed E-state index contributed by atoms with van der Waals surface area (Å²) in [6, 6.07) is 10.4. The summed E-state index contributed by atoms with van der Waals surface area (Å²) in [5, 5.41) is 0. The van der Waals surface area contributed by atoms with Gasteiger partial charge in [-0.2, -0.15) is 0 Å². The summed E-state index contributed by atoms with van der Waals surface area (Å²) in [7, 11) is 1.49. The molecule has 0 heterocycles. The lowest BCUT2D eigenvalue weighted by Crippen LogP contribution is -2.29. The van der Waals surface area contributed by atoms with Crippen molar-refractivity contribution in [2.75, 3.05) is 18.1 Å². The molecule has 2 heteroatoms. The SMILES string of the molecule is C=C[Si](C=C)CN(C)c1ccccc1. The topological polar surface area (TPSA) is 3.24 Å². The zero-order chi connectivity index (χ0) is 10.4. The van der Waals surface area contributed by atoms with Gasteiger partial charge in [0, 0.05) is 18.9 Å². The van der Waals surface area contributed by atoms with Crippen LogP contribution in [0.3, 0.4) is 0 Å². The van der Waals surface area contributed by atoms with Crippen molar-refractivity contribution in [2.45, 2.75) is 0 Å². The number of anilines is 1. The van der Waals surface area contributed by atoms with Gasteiger partial charge < -0.3 is 4.90 Å². The number of rotatable bonds is 5. The predicted molar refractivity (Wildman–Crippen MR) is 65.9 cm³/mol. The minimum atomic E-state index is -0.616. The molecule has 0 saturated carbocycles. The molecule has 0 N–H and O–H groups in total. The Labute approximate surface area is 88.0 Å². The minimum Gasteiger partial charge on any atom is -0.377 e. The Morgan fingerprint density at radius 2 is 1.79 bits per heavy atom. The molecule has 73 valence electrons. The van der Waals surface area contributed by atoms with Crippen LogP contribution in [0.4, 0.5) is 5.69 Å². The maximum atomic E-state index is 3.83. The molecular weight excluding hydrogens is 186 g/mol. The summed E-state index contributed by atoms with van der Waals surface area (Å²) in [5.41, 5.74) is 5.30. The van der Waals surface area contributed by atoms with Gasteiger partial charge in [-0.25, -0.2) is 0 Å². The lowest BCUT2D eigenvalue weighted by molar-refractivity contribution is 1.08. The van der Waals surface area contributed by atoms with E-state index in [0.717, 1.165) is 6.17 Å². The molecule has 0 spiro atoms. The van der Waals surface area contributed by atoms with Crippen molar-refractivity contribution in [2.24, 2.45) is 0 Å². The average molecular weight is 202 g/mol. The third-order valence-corrected chi connectivity index (χ3v) is 4.03. The Kier molecular flexibility index (Phi) is 4.20. The zero-order valence-electron chi connectivity index (χ0n) is 8.61. The molecule has 0 bridgehead atoms. The number of benzene rings is 1. The molecule has 0 unspecified atom stereocenters. The van der Waals surface area contributed by atoms with E-state index in [0.29, 0.717) is 0 Å². The van der Waals surface area contributed by atoms with Gasteiger partial charge in [0.1, 0.15) is 8.80 Å². The molecule has 0 aromatic heterocycles. The molecule has 0 aliphatic heterocycles. The van der Waals surface area contributed by atoms with Gasteiger partial charge in [-0.1, -0.05) is 29.6 Å². The van der Waals surface area contributed by atoms with E-state index >= 15 is 0 Å². The van der Waals surface area contributed by atoms with Crippen molar-refractivity contribution in [3.63, 3.8) is 0 Å². The maximum absolute atomic E-state index is 3.83. The molecule has 1 aromatic carbocycles. The van der Waals surface area contributed by atoms with Gasteiger partial charge in [0.2, 0.25) is 0 Å². The Morgan fingerprint density at radius 1 is 1.21 bits per heavy atom. The number of nitrogens with zero attached hydrogens (tertiary/aromatic N) is 1.